The lowest BCUT2D eigenvalue weighted by atomic mass is 10.0. The Morgan fingerprint density at radius 3 is 2.54 bits per heavy atom. The van der Waals surface area contributed by atoms with Crippen LogP contribution < -0.4 is 9.64 Å². The number of sulfonamides is 1. The molecule has 204 valence electrons. The highest BCUT2D eigenvalue weighted by atomic mass is 32.2. The van der Waals surface area contributed by atoms with Gasteiger partial charge in [0.1, 0.15) is 5.75 Å². The maximum Gasteiger partial charge on any atom is 0.260 e. The molecule has 2 heterocycles. The van der Waals surface area contributed by atoms with Crippen molar-refractivity contribution in [1.29, 1.82) is 0 Å². The van der Waals surface area contributed by atoms with Crippen LogP contribution in [0.1, 0.15) is 55.5 Å². The molecule has 0 aliphatic carbocycles. The number of carbonyl (C=O) groups is 1. The number of benzene rings is 3. The number of amides is 1. The SMILES string of the molecule is CCOc1ccc2nc(N(Cc3ccccc3)C(=O)c3ccc(S(=O)(=O)N4CCCCC4CC)cc3)sc2c1. The van der Waals surface area contributed by atoms with Gasteiger partial charge in [0.25, 0.3) is 5.91 Å². The first kappa shape index (κ1) is 27.3. The highest BCUT2D eigenvalue weighted by molar-refractivity contribution is 7.89. The van der Waals surface area contributed by atoms with Crippen LogP contribution in [0.3, 0.4) is 0 Å². The minimum atomic E-state index is -3.63. The molecule has 1 amide bonds. The van der Waals surface area contributed by atoms with Gasteiger partial charge in [-0.3, -0.25) is 9.69 Å². The third-order valence-electron chi connectivity index (χ3n) is 7.07. The van der Waals surface area contributed by atoms with Crippen LogP contribution in [-0.2, 0) is 16.6 Å². The van der Waals surface area contributed by atoms with Gasteiger partial charge in [-0.1, -0.05) is 55.0 Å². The maximum absolute atomic E-state index is 13.9. The minimum Gasteiger partial charge on any atom is -0.494 e. The lowest BCUT2D eigenvalue weighted by Gasteiger charge is -2.34. The van der Waals surface area contributed by atoms with Gasteiger partial charge >= 0.3 is 0 Å². The molecule has 4 aromatic rings. The summed E-state index contributed by atoms with van der Waals surface area (Å²) in [5.41, 5.74) is 2.16. The number of aromatic nitrogens is 1. The number of rotatable bonds is 9. The fourth-order valence-corrected chi connectivity index (χ4v) is 7.77. The standard InChI is InChI=1S/C30H33N3O4S2/c1-3-24-12-8-9-19-33(24)39(35,36)26-16-13-23(14-17-26)29(34)32(21-22-10-6-5-7-11-22)30-31-27-18-15-25(37-4-2)20-28(27)38-30/h5-7,10-11,13-18,20,24H,3-4,8-9,12,19,21H2,1-2H3. The molecule has 7 nitrogen and oxygen atoms in total. The summed E-state index contributed by atoms with van der Waals surface area (Å²) in [4.78, 5) is 20.5. The lowest BCUT2D eigenvalue weighted by molar-refractivity contribution is 0.0985. The van der Waals surface area contributed by atoms with Crippen LogP contribution in [0.2, 0.25) is 0 Å². The summed E-state index contributed by atoms with van der Waals surface area (Å²) in [6.07, 6.45) is 3.59. The van der Waals surface area contributed by atoms with E-state index in [0.717, 1.165) is 47.2 Å². The minimum absolute atomic E-state index is 0.0219. The van der Waals surface area contributed by atoms with Gasteiger partial charge < -0.3 is 4.74 Å². The molecule has 39 heavy (non-hydrogen) atoms. The Labute approximate surface area is 234 Å². The smallest absolute Gasteiger partial charge is 0.260 e. The number of ether oxygens (including phenoxy) is 1. The number of thiazole rings is 1. The van der Waals surface area contributed by atoms with E-state index in [2.05, 4.69) is 0 Å². The molecule has 1 unspecified atom stereocenters. The molecule has 0 bridgehead atoms. The molecule has 0 spiro atoms. The zero-order valence-electron chi connectivity index (χ0n) is 22.2. The van der Waals surface area contributed by atoms with Gasteiger partial charge in [-0.25, -0.2) is 13.4 Å². The van der Waals surface area contributed by atoms with Gasteiger partial charge in [0.15, 0.2) is 5.13 Å². The van der Waals surface area contributed by atoms with E-state index in [0.29, 0.717) is 30.4 Å². The molecule has 1 aliphatic rings. The van der Waals surface area contributed by atoms with Crippen molar-refractivity contribution in [2.75, 3.05) is 18.1 Å². The number of nitrogens with zero attached hydrogens (tertiary/aromatic N) is 3. The summed E-state index contributed by atoms with van der Waals surface area (Å²) < 4.78 is 35.0. The predicted octanol–water partition coefficient (Wildman–Crippen LogP) is 6.50. The molecule has 1 fully saturated rings. The van der Waals surface area contributed by atoms with Crippen molar-refractivity contribution in [2.24, 2.45) is 0 Å². The van der Waals surface area contributed by atoms with E-state index in [1.54, 1.807) is 33.5 Å². The van der Waals surface area contributed by atoms with Crippen molar-refractivity contribution < 1.29 is 17.9 Å². The number of piperidine rings is 1. The zero-order chi connectivity index (χ0) is 27.4. The number of fused-ring (bicyclic) bond motifs is 1. The Balaban J connectivity index is 1.46. The second-order valence-corrected chi connectivity index (χ2v) is 12.5. The largest absolute Gasteiger partial charge is 0.494 e. The number of anilines is 1. The van der Waals surface area contributed by atoms with Crippen LogP contribution in [0, 0.1) is 0 Å². The average Bonchev–Trinajstić information content (AvgIpc) is 3.39. The van der Waals surface area contributed by atoms with Gasteiger partial charge in [0.2, 0.25) is 10.0 Å². The van der Waals surface area contributed by atoms with Crippen LogP contribution in [0.5, 0.6) is 5.75 Å². The summed E-state index contributed by atoms with van der Waals surface area (Å²) in [5, 5.41) is 0.573. The topological polar surface area (TPSA) is 79.8 Å². The molecule has 0 saturated carbocycles. The molecule has 1 aliphatic heterocycles. The van der Waals surface area contributed by atoms with E-state index in [4.69, 9.17) is 9.72 Å². The van der Waals surface area contributed by atoms with Gasteiger partial charge in [0, 0.05) is 18.2 Å². The first-order valence-electron chi connectivity index (χ1n) is 13.4. The third kappa shape index (κ3) is 5.85. The normalized spacial score (nSPS) is 16.3. The summed E-state index contributed by atoms with van der Waals surface area (Å²) in [7, 11) is -3.63. The molecule has 0 radical (unpaired) electrons. The fourth-order valence-electron chi connectivity index (χ4n) is 5.02. The quantitative estimate of drug-likeness (QED) is 0.232. The van der Waals surface area contributed by atoms with E-state index in [9.17, 15) is 13.2 Å². The fraction of sp³-hybridized carbons (Fsp3) is 0.333. The first-order chi connectivity index (χ1) is 18.9. The van der Waals surface area contributed by atoms with Crippen molar-refractivity contribution in [1.82, 2.24) is 9.29 Å². The summed E-state index contributed by atoms with van der Waals surface area (Å²) in [6, 6.07) is 21.8. The molecular weight excluding hydrogens is 530 g/mol. The van der Waals surface area contributed by atoms with Crippen LogP contribution >= 0.6 is 11.3 Å². The van der Waals surface area contributed by atoms with Crippen molar-refractivity contribution in [3.8, 4) is 5.75 Å². The lowest BCUT2D eigenvalue weighted by Crippen LogP contribution is -2.43. The van der Waals surface area contributed by atoms with Crippen molar-refractivity contribution >= 4 is 42.6 Å². The molecule has 3 aromatic carbocycles. The maximum atomic E-state index is 13.9. The van der Waals surface area contributed by atoms with E-state index >= 15 is 0 Å². The Hall–Kier alpha value is -3.27. The van der Waals surface area contributed by atoms with Gasteiger partial charge in [-0.2, -0.15) is 4.31 Å². The van der Waals surface area contributed by atoms with Crippen molar-refractivity contribution in [3.63, 3.8) is 0 Å². The predicted molar refractivity (Wildman–Crippen MR) is 156 cm³/mol. The van der Waals surface area contributed by atoms with Crippen LogP contribution in [0.15, 0.2) is 77.7 Å². The van der Waals surface area contributed by atoms with Crippen molar-refractivity contribution in [3.05, 3.63) is 83.9 Å². The Morgan fingerprint density at radius 1 is 1.05 bits per heavy atom. The van der Waals surface area contributed by atoms with E-state index in [-0.39, 0.29) is 16.8 Å². The molecule has 5 rings (SSSR count). The van der Waals surface area contributed by atoms with Gasteiger partial charge in [-0.15, -0.1) is 0 Å². The van der Waals surface area contributed by atoms with Crippen LogP contribution in [-0.4, -0.2) is 42.8 Å². The Morgan fingerprint density at radius 2 is 1.82 bits per heavy atom. The van der Waals surface area contributed by atoms with Crippen molar-refractivity contribution in [2.45, 2.75) is 57.0 Å². The van der Waals surface area contributed by atoms with Crippen LogP contribution in [0.4, 0.5) is 5.13 Å². The highest BCUT2D eigenvalue weighted by Crippen LogP contribution is 2.33. The van der Waals surface area contributed by atoms with E-state index in [1.807, 2.05) is 62.4 Å². The Bertz CT molecular complexity index is 1540. The van der Waals surface area contributed by atoms with Gasteiger partial charge in [-0.05, 0) is 74.2 Å². The highest BCUT2D eigenvalue weighted by Gasteiger charge is 2.32. The van der Waals surface area contributed by atoms with Gasteiger partial charge in [0.05, 0.1) is 28.3 Å². The van der Waals surface area contributed by atoms with E-state index in [1.165, 1.54) is 11.3 Å². The molecule has 1 atom stereocenters. The first-order valence-corrected chi connectivity index (χ1v) is 15.7. The monoisotopic (exact) mass is 563 g/mol. The summed E-state index contributed by atoms with van der Waals surface area (Å²) >= 11 is 1.43. The molecule has 0 N–H and O–H groups in total. The molecule has 1 aromatic heterocycles. The van der Waals surface area contributed by atoms with E-state index < -0.39 is 10.0 Å². The number of carbonyl (C=O) groups excluding carboxylic acids is 1. The Kier molecular flexibility index (Phi) is 8.30. The second-order valence-electron chi connectivity index (χ2n) is 9.63. The summed E-state index contributed by atoms with van der Waals surface area (Å²) in [5.74, 6) is 0.522. The molecular formula is C30H33N3O4S2. The molecule has 9 heteroatoms. The molecule has 1 saturated heterocycles. The number of hydrogen-bond donors (Lipinski definition) is 0. The van der Waals surface area contributed by atoms with Crippen LogP contribution in [0.25, 0.3) is 10.2 Å². The zero-order valence-corrected chi connectivity index (χ0v) is 23.9. The average molecular weight is 564 g/mol. The summed E-state index contributed by atoms with van der Waals surface area (Å²) in [6.45, 7) is 5.41. The second kappa shape index (κ2) is 11.9. The third-order valence-corrected chi connectivity index (χ3v) is 10.1. The number of hydrogen-bond acceptors (Lipinski definition) is 6.